The van der Waals surface area contributed by atoms with Gasteiger partial charge in [-0.1, -0.05) is 6.07 Å². The Bertz CT molecular complexity index is 398. The van der Waals surface area contributed by atoms with Gasteiger partial charge in [-0.25, -0.2) is 0 Å². The lowest BCUT2D eigenvalue weighted by Crippen LogP contribution is -2.18. The first-order chi connectivity index (χ1) is 9.20. The van der Waals surface area contributed by atoms with Gasteiger partial charge in [0, 0.05) is 13.1 Å². The minimum Gasteiger partial charge on any atom is -0.495 e. The number of methoxy groups -OCH3 is 1. The Kier molecular flexibility index (Phi) is 5.08. The lowest BCUT2D eigenvalue weighted by molar-refractivity contribution is 0.399. The third-order valence-corrected chi connectivity index (χ3v) is 3.76. The summed E-state index contributed by atoms with van der Waals surface area (Å²) in [5.74, 6) is 1.03. The average molecular weight is 262 g/mol. The number of ether oxygens (including phenoxy) is 1. The van der Waals surface area contributed by atoms with Crippen LogP contribution in [-0.2, 0) is 6.42 Å². The predicted octanol–water partition coefficient (Wildman–Crippen LogP) is 2.79. The van der Waals surface area contributed by atoms with Gasteiger partial charge in [0.15, 0.2) is 0 Å². The Morgan fingerprint density at radius 1 is 1.21 bits per heavy atom. The molecule has 19 heavy (non-hydrogen) atoms. The highest BCUT2D eigenvalue weighted by atomic mass is 16.5. The molecule has 0 amide bonds. The molecule has 0 saturated carbocycles. The molecular weight excluding hydrogens is 236 g/mol. The van der Waals surface area contributed by atoms with E-state index in [1.54, 1.807) is 7.11 Å². The van der Waals surface area contributed by atoms with E-state index in [9.17, 15) is 0 Å². The van der Waals surface area contributed by atoms with Crippen molar-refractivity contribution in [1.29, 1.82) is 0 Å². The van der Waals surface area contributed by atoms with Crippen LogP contribution >= 0.6 is 0 Å². The third-order valence-electron chi connectivity index (χ3n) is 3.76. The van der Waals surface area contributed by atoms with Gasteiger partial charge < -0.3 is 14.5 Å². The number of hydrogen-bond acceptors (Lipinski definition) is 3. The highest BCUT2D eigenvalue weighted by Crippen LogP contribution is 2.32. The molecule has 0 aliphatic carbocycles. The largest absolute Gasteiger partial charge is 0.495 e. The first-order valence-corrected chi connectivity index (χ1v) is 7.27. The maximum Gasteiger partial charge on any atom is 0.142 e. The van der Waals surface area contributed by atoms with Crippen LogP contribution in [0, 0.1) is 0 Å². The van der Waals surface area contributed by atoms with Crippen molar-refractivity contribution in [3.8, 4) is 5.75 Å². The van der Waals surface area contributed by atoms with E-state index in [-0.39, 0.29) is 0 Å². The number of hydrogen-bond donors (Lipinski definition) is 0. The van der Waals surface area contributed by atoms with Gasteiger partial charge in [0.2, 0.25) is 0 Å². The van der Waals surface area contributed by atoms with Gasteiger partial charge in [-0.05, 0) is 64.0 Å². The Hall–Kier alpha value is -1.22. The van der Waals surface area contributed by atoms with E-state index in [1.165, 1.54) is 30.5 Å². The summed E-state index contributed by atoms with van der Waals surface area (Å²) >= 11 is 0. The van der Waals surface area contributed by atoms with Gasteiger partial charge in [-0.15, -0.1) is 0 Å². The van der Waals surface area contributed by atoms with Crippen molar-refractivity contribution < 1.29 is 4.74 Å². The SMILES string of the molecule is COc1cc(CCCN(C)C)ccc1N1CCCC1. The van der Waals surface area contributed by atoms with E-state index in [4.69, 9.17) is 4.74 Å². The molecule has 0 N–H and O–H groups in total. The highest BCUT2D eigenvalue weighted by Gasteiger charge is 2.16. The molecule has 1 saturated heterocycles. The summed E-state index contributed by atoms with van der Waals surface area (Å²) < 4.78 is 5.57. The summed E-state index contributed by atoms with van der Waals surface area (Å²) in [4.78, 5) is 4.66. The van der Waals surface area contributed by atoms with E-state index in [0.29, 0.717) is 0 Å². The monoisotopic (exact) mass is 262 g/mol. The van der Waals surface area contributed by atoms with Crippen LogP contribution < -0.4 is 9.64 Å². The summed E-state index contributed by atoms with van der Waals surface area (Å²) in [5.41, 5.74) is 2.64. The zero-order valence-electron chi connectivity index (χ0n) is 12.5. The molecule has 0 unspecified atom stereocenters. The van der Waals surface area contributed by atoms with Crippen LogP contribution in [0.15, 0.2) is 18.2 Å². The second-order valence-electron chi connectivity index (χ2n) is 5.61. The molecule has 2 rings (SSSR count). The molecule has 3 heteroatoms. The molecule has 3 nitrogen and oxygen atoms in total. The van der Waals surface area contributed by atoms with Gasteiger partial charge in [-0.2, -0.15) is 0 Å². The van der Waals surface area contributed by atoms with Gasteiger partial charge in [0.1, 0.15) is 5.75 Å². The first-order valence-electron chi connectivity index (χ1n) is 7.27. The van der Waals surface area contributed by atoms with E-state index >= 15 is 0 Å². The third kappa shape index (κ3) is 3.87. The zero-order valence-corrected chi connectivity index (χ0v) is 12.5. The lowest BCUT2D eigenvalue weighted by Gasteiger charge is -2.21. The van der Waals surface area contributed by atoms with Gasteiger partial charge >= 0.3 is 0 Å². The normalized spacial score (nSPS) is 15.3. The molecule has 1 heterocycles. The fraction of sp³-hybridized carbons (Fsp3) is 0.625. The molecule has 1 aromatic rings. The maximum atomic E-state index is 5.57. The summed E-state index contributed by atoms with van der Waals surface area (Å²) in [6.07, 6.45) is 4.91. The van der Waals surface area contributed by atoms with Gasteiger partial charge in [-0.3, -0.25) is 0 Å². The molecule has 0 aromatic heterocycles. The lowest BCUT2D eigenvalue weighted by atomic mass is 10.1. The van der Waals surface area contributed by atoms with Crippen LogP contribution in [0.2, 0.25) is 0 Å². The van der Waals surface area contributed by atoms with Crippen LogP contribution in [0.1, 0.15) is 24.8 Å². The number of anilines is 1. The number of nitrogens with zero attached hydrogens (tertiary/aromatic N) is 2. The molecule has 106 valence electrons. The molecule has 0 radical (unpaired) electrons. The molecule has 1 aliphatic heterocycles. The Morgan fingerprint density at radius 2 is 1.95 bits per heavy atom. The molecular formula is C16H26N2O. The molecule has 1 aliphatic rings. The number of aryl methyl sites for hydroxylation is 1. The van der Waals surface area contributed by atoms with Crippen molar-refractivity contribution in [3.63, 3.8) is 0 Å². The number of benzene rings is 1. The van der Waals surface area contributed by atoms with Crippen LogP contribution in [0.5, 0.6) is 5.75 Å². The smallest absolute Gasteiger partial charge is 0.142 e. The average Bonchev–Trinajstić information content (AvgIpc) is 2.92. The predicted molar refractivity (Wildman–Crippen MR) is 81.3 cm³/mol. The van der Waals surface area contributed by atoms with Crippen molar-refractivity contribution in [2.24, 2.45) is 0 Å². The number of rotatable bonds is 6. The van der Waals surface area contributed by atoms with E-state index in [1.807, 2.05) is 0 Å². The van der Waals surface area contributed by atoms with Gasteiger partial charge in [0.05, 0.1) is 12.8 Å². The molecule has 1 fully saturated rings. The molecule has 0 spiro atoms. The van der Waals surface area contributed by atoms with E-state index in [0.717, 1.165) is 31.8 Å². The second kappa shape index (κ2) is 6.80. The van der Waals surface area contributed by atoms with Crippen molar-refractivity contribution in [2.45, 2.75) is 25.7 Å². The van der Waals surface area contributed by atoms with Crippen molar-refractivity contribution >= 4 is 5.69 Å². The quantitative estimate of drug-likeness (QED) is 0.784. The molecule has 0 atom stereocenters. The highest BCUT2D eigenvalue weighted by molar-refractivity contribution is 5.60. The van der Waals surface area contributed by atoms with Crippen molar-refractivity contribution in [1.82, 2.24) is 4.90 Å². The Labute approximate surface area is 117 Å². The van der Waals surface area contributed by atoms with Gasteiger partial charge in [0.25, 0.3) is 0 Å². The zero-order chi connectivity index (χ0) is 13.7. The fourth-order valence-corrected chi connectivity index (χ4v) is 2.70. The topological polar surface area (TPSA) is 15.7 Å². The van der Waals surface area contributed by atoms with Crippen molar-refractivity contribution in [2.75, 3.05) is 45.7 Å². The van der Waals surface area contributed by atoms with Crippen LogP contribution in [0.4, 0.5) is 5.69 Å². The first kappa shape index (κ1) is 14.2. The van der Waals surface area contributed by atoms with Crippen molar-refractivity contribution in [3.05, 3.63) is 23.8 Å². The van der Waals surface area contributed by atoms with Crippen LogP contribution in [0.3, 0.4) is 0 Å². The minimum absolute atomic E-state index is 1.03. The second-order valence-corrected chi connectivity index (χ2v) is 5.61. The summed E-state index contributed by atoms with van der Waals surface area (Å²) in [5, 5.41) is 0. The molecule has 0 bridgehead atoms. The standard InChI is InChI=1S/C16H26N2O/c1-17(2)10-6-7-14-8-9-15(16(13-14)19-3)18-11-4-5-12-18/h8-9,13H,4-7,10-12H2,1-3H3. The van der Waals surface area contributed by atoms with E-state index < -0.39 is 0 Å². The molecule has 1 aromatic carbocycles. The summed E-state index contributed by atoms with van der Waals surface area (Å²) in [6.45, 7) is 3.46. The maximum absolute atomic E-state index is 5.57. The summed E-state index contributed by atoms with van der Waals surface area (Å²) in [7, 11) is 6.02. The summed E-state index contributed by atoms with van der Waals surface area (Å²) in [6, 6.07) is 6.70. The van der Waals surface area contributed by atoms with E-state index in [2.05, 4.69) is 42.1 Å². The fourth-order valence-electron chi connectivity index (χ4n) is 2.70. The van der Waals surface area contributed by atoms with Crippen LogP contribution in [0.25, 0.3) is 0 Å². The van der Waals surface area contributed by atoms with Crippen LogP contribution in [-0.4, -0.2) is 45.7 Å². The Morgan fingerprint density at radius 3 is 2.58 bits per heavy atom. The Balaban J connectivity index is 2.03. The minimum atomic E-state index is 1.03.